The molecule has 4 rings (SSSR count). The van der Waals surface area contributed by atoms with E-state index in [1.165, 1.54) is 39.0 Å². The van der Waals surface area contributed by atoms with Gasteiger partial charge in [-0.1, -0.05) is 0 Å². The van der Waals surface area contributed by atoms with Gasteiger partial charge in [0.15, 0.2) is 0 Å². The van der Waals surface area contributed by atoms with Crippen molar-refractivity contribution in [3.63, 3.8) is 0 Å². The van der Waals surface area contributed by atoms with Crippen LogP contribution < -0.4 is 0 Å². The molecule has 2 aromatic rings. The van der Waals surface area contributed by atoms with Crippen molar-refractivity contribution in [1.82, 2.24) is 0 Å². The van der Waals surface area contributed by atoms with E-state index in [1.54, 1.807) is 3.33 Å². The molecular weight excluding hydrogens is 589 g/mol. The number of rotatable bonds is 2. The van der Waals surface area contributed by atoms with Crippen molar-refractivity contribution in [2.45, 2.75) is 36.0 Å². The van der Waals surface area contributed by atoms with Crippen molar-refractivity contribution in [3.05, 3.63) is 79.7 Å². The van der Waals surface area contributed by atoms with Gasteiger partial charge in [-0.15, -0.1) is 24.8 Å². The summed E-state index contributed by atoms with van der Waals surface area (Å²) in [6.07, 6.45) is 0. The van der Waals surface area contributed by atoms with Gasteiger partial charge < -0.3 is 0 Å². The number of halogens is 3. The van der Waals surface area contributed by atoms with Gasteiger partial charge in [0.2, 0.25) is 0 Å². The van der Waals surface area contributed by atoms with Crippen LogP contribution >= 0.6 is 33.4 Å². The van der Waals surface area contributed by atoms with Crippen molar-refractivity contribution in [3.8, 4) is 11.1 Å². The molecule has 0 saturated carbocycles. The third-order valence-corrected chi connectivity index (χ3v) is 32.5. The van der Waals surface area contributed by atoms with Crippen molar-refractivity contribution >= 4 is 40.3 Å². The minimum atomic E-state index is -3.95. The van der Waals surface area contributed by atoms with Crippen LogP contribution in [0.4, 0.5) is 0 Å². The van der Waals surface area contributed by atoms with Crippen LogP contribution in [0.25, 0.3) is 11.1 Å². The molecule has 150 valence electrons. The predicted molar refractivity (Wildman–Crippen MR) is 129 cm³/mol. The van der Waals surface area contributed by atoms with Gasteiger partial charge in [-0.2, -0.15) is 0 Å². The van der Waals surface area contributed by atoms with Gasteiger partial charge in [-0.05, 0) is 0 Å². The summed E-state index contributed by atoms with van der Waals surface area (Å²) in [7, 11) is 7.93. The molecule has 2 aromatic carbocycles. The second-order valence-corrected chi connectivity index (χ2v) is 53.8. The van der Waals surface area contributed by atoms with Crippen molar-refractivity contribution in [1.29, 1.82) is 0 Å². The first kappa shape index (κ1) is 24.1. The molecule has 2 aliphatic rings. The Balaban J connectivity index is 0.00000140. The molecular formula is C23H29Cl3HfSi. The molecule has 0 nitrogen and oxygen atoms in total. The molecule has 1 atom stereocenters. The number of allylic oxidation sites excluding steroid dienone is 4. The molecule has 0 radical (unpaired) electrons. The van der Waals surface area contributed by atoms with E-state index in [0.29, 0.717) is 9.59 Å². The van der Waals surface area contributed by atoms with Crippen LogP contribution in [0.1, 0.15) is 42.5 Å². The third-order valence-electron chi connectivity index (χ3n) is 6.94. The summed E-state index contributed by atoms with van der Waals surface area (Å²) in [5.74, 6) is 0.477. The van der Waals surface area contributed by atoms with E-state index in [2.05, 4.69) is 87.8 Å². The normalized spacial score (nSPS) is 19.2. The fourth-order valence-electron chi connectivity index (χ4n) is 5.55. The first-order valence-electron chi connectivity index (χ1n) is 9.47. The van der Waals surface area contributed by atoms with Crippen molar-refractivity contribution in [2.24, 2.45) is 5.92 Å². The van der Waals surface area contributed by atoms with Crippen LogP contribution in [0.15, 0.2) is 68.6 Å². The van der Waals surface area contributed by atoms with Gasteiger partial charge in [0.25, 0.3) is 0 Å². The minimum absolute atomic E-state index is 0. The van der Waals surface area contributed by atoms with Gasteiger partial charge in [0, 0.05) is 0 Å². The number of hydrogen-bond donors (Lipinski definition) is 0. The molecule has 0 N–H and O–H groups in total. The Morgan fingerprint density at radius 3 is 1.64 bits per heavy atom. The molecule has 1 unspecified atom stereocenters. The molecule has 0 heterocycles. The van der Waals surface area contributed by atoms with E-state index in [9.17, 15) is 0 Å². The van der Waals surface area contributed by atoms with E-state index in [0.717, 1.165) is 0 Å². The second-order valence-electron chi connectivity index (χ2n) is 8.62. The quantitative estimate of drug-likeness (QED) is 0.310. The Kier molecular flexibility index (Phi) is 6.77. The first-order chi connectivity index (χ1) is 12.1. The summed E-state index contributed by atoms with van der Waals surface area (Å²) in [5, 5.41) is 0. The average molecular weight is 618 g/mol. The molecule has 2 aliphatic carbocycles. The van der Waals surface area contributed by atoms with Crippen molar-refractivity contribution in [2.75, 3.05) is 0 Å². The van der Waals surface area contributed by atoms with Crippen LogP contribution in [0.3, 0.4) is 0 Å². The standard InChI is InChI=1S/C13H9.C9H13.CH3.3ClH.Hf.H2Si/c1-3-7-12-10(5-1)9-11-6-2-4-8-13(11)12;1-6-5-7(2)9(4)8(6)3;;;;;;/h1-9H;6H,1-4H3;1H3;3*1H;;1H2/q;;;;;;+1;/p-1. The fourth-order valence-corrected chi connectivity index (χ4v) is 36.1. The molecule has 0 aromatic heterocycles. The Morgan fingerprint density at radius 1 is 0.821 bits per heavy atom. The predicted octanol–water partition coefficient (Wildman–Crippen LogP) is 7.30. The average Bonchev–Trinajstić information content (AvgIpc) is 3.04. The number of benzene rings is 2. The summed E-state index contributed by atoms with van der Waals surface area (Å²) < 4.78 is 4.45. The van der Waals surface area contributed by atoms with Crippen LogP contribution in [0, 0.1) is 5.92 Å². The van der Waals surface area contributed by atoms with Crippen LogP contribution in [0.2, 0.25) is 4.68 Å². The largest absolute Gasteiger partial charge is 0.147 e. The summed E-state index contributed by atoms with van der Waals surface area (Å²) in [6, 6.07) is 17.9. The van der Waals surface area contributed by atoms with Gasteiger partial charge >= 0.3 is 164 Å². The molecule has 0 spiro atoms. The second kappa shape index (κ2) is 7.85. The smallest absolute Gasteiger partial charge is 0.147 e. The van der Waals surface area contributed by atoms with Gasteiger partial charge in [-0.3, -0.25) is 0 Å². The van der Waals surface area contributed by atoms with E-state index < -0.39 is 15.9 Å². The fraction of sp³-hybridized carbons (Fsp3) is 0.304. The molecule has 0 saturated heterocycles. The summed E-state index contributed by atoms with van der Waals surface area (Å²) in [5.41, 5.74) is 10.1. The zero-order chi connectivity index (χ0) is 18.9. The van der Waals surface area contributed by atoms with Crippen molar-refractivity contribution < 1.29 is 15.9 Å². The Labute approximate surface area is 187 Å². The SMILES string of the molecule is CC1=C(C)C(C)[C]([Hf]([CH3])(=[SiH2])([Cl])[CH]2c3ccccc3-c3ccccc32)=C1C.Cl.Cl. The maximum atomic E-state index is 7.93. The molecule has 0 amide bonds. The van der Waals surface area contributed by atoms with Crippen LogP contribution in [-0.2, 0) is 15.9 Å². The maximum absolute atomic E-state index is 7.93. The van der Waals surface area contributed by atoms with E-state index in [4.69, 9.17) is 8.58 Å². The first-order valence-corrected chi connectivity index (χ1v) is 29.7. The Bertz CT molecular complexity index is 1030. The van der Waals surface area contributed by atoms with Gasteiger partial charge in [0.05, 0.1) is 0 Å². The van der Waals surface area contributed by atoms with Gasteiger partial charge in [-0.25, -0.2) is 0 Å². The molecule has 0 bridgehead atoms. The monoisotopic (exact) mass is 618 g/mol. The minimum Gasteiger partial charge on any atom is -0.147 e. The van der Waals surface area contributed by atoms with E-state index in [-0.39, 0.29) is 24.8 Å². The zero-order valence-corrected chi connectivity index (χ0v) is 24.6. The molecule has 0 fully saturated rings. The van der Waals surface area contributed by atoms with Gasteiger partial charge in [0.1, 0.15) is 0 Å². The number of hydrogen-bond acceptors (Lipinski definition) is 0. The molecule has 28 heavy (non-hydrogen) atoms. The van der Waals surface area contributed by atoms with E-state index in [1.807, 2.05) is 0 Å². The molecule has 0 aliphatic heterocycles. The molecule has 5 heteroatoms. The third kappa shape index (κ3) is 3.28. The number of fused-ring (bicyclic) bond motifs is 3. The summed E-state index contributed by atoms with van der Waals surface area (Å²) in [4.78, 5) is 0. The van der Waals surface area contributed by atoms with Crippen LogP contribution in [-0.4, -0.2) is 6.94 Å². The summed E-state index contributed by atoms with van der Waals surface area (Å²) >= 11 is -3.95. The van der Waals surface area contributed by atoms with E-state index >= 15 is 0 Å². The van der Waals surface area contributed by atoms with Crippen LogP contribution in [0.5, 0.6) is 0 Å². The maximum Gasteiger partial charge on any atom is -0.147 e. The Hall–Kier alpha value is -0.123. The Morgan fingerprint density at radius 2 is 1.25 bits per heavy atom. The topological polar surface area (TPSA) is 0 Å². The zero-order valence-electron chi connectivity index (χ0n) is 17.2. The summed E-state index contributed by atoms with van der Waals surface area (Å²) in [6.45, 7) is 11.4.